The lowest BCUT2D eigenvalue weighted by molar-refractivity contribution is -0.485. The van der Waals surface area contributed by atoms with E-state index in [1.165, 1.54) is 5.01 Å². The van der Waals surface area contributed by atoms with E-state index in [2.05, 4.69) is 10.2 Å². The first-order valence-electron chi connectivity index (χ1n) is 6.54. The van der Waals surface area contributed by atoms with Crippen LogP contribution in [0.1, 0.15) is 11.1 Å². The van der Waals surface area contributed by atoms with Gasteiger partial charge in [0.1, 0.15) is 5.10 Å². The van der Waals surface area contributed by atoms with Crippen LogP contribution in [0.2, 0.25) is 0 Å². The van der Waals surface area contributed by atoms with Gasteiger partial charge in [-0.1, -0.05) is 60.7 Å². The Kier molecular flexibility index (Phi) is 5.20. The molecule has 0 bridgehead atoms. The van der Waals surface area contributed by atoms with Gasteiger partial charge in [-0.25, -0.2) is 15.1 Å². The second kappa shape index (κ2) is 7.53. The number of benzene rings is 2. The number of nitrogens with two attached hydrogens (primary N) is 1. The van der Waals surface area contributed by atoms with Crippen molar-refractivity contribution in [3.8, 4) is 0 Å². The molecule has 0 amide bonds. The van der Waals surface area contributed by atoms with Crippen LogP contribution >= 0.6 is 0 Å². The molecule has 0 saturated heterocycles. The van der Waals surface area contributed by atoms with E-state index in [9.17, 15) is 10.1 Å². The summed E-state index contributed by atoms with van der Waals surface area (Å²) in [6.45, 7) is 0.285. The molecule has 0 heterocycles. The van der Waals surface area contributed by atoms with Crippen molar-refractivity contribution in [1.29, 1.82) is 0 Å². The fourth-order valence-corrected chi connectivity index (χ4v) is 1.75. The first-order chi connectivity index (χ1) is 10.6. The van der Waals surface area contributed by atoms with Gasteiger partial charge in [-0.05, 0) is 11.1 Å². The van der Waals surface area contributed by atoms with Crippen molar-refractivity contribution >= 4 is 12.2 Å². The number of rotatable bonds is 5. The molecular weight excluding hydrogens is 282 g/mol. The third kappa shape index (κ3) is 4.71. The number of nitro groups is 1. The number of hydrogen-bond acceptors (Lipinski definition) is 3. The monoisotopic (exact) mass is 297 g/mol. The molecule has 2 aromatic carbocycles. The van der Waals surface area contributed by atoms with Gasteiger partial charge in [0, 0.05) is 0 Å². The first-order valence-corrected chi connectivity index (χ1v) is 6.54. The summed E-state index contributed by atoms with van der Waals surface area (Å²) in [5, 5.41) is 18.2. The van der Waals surface area contributed by atoms with Crippen LogP contribution in [0.4, 0.5) is 0 Å². The van der Waals surface area contributed by atoms with Crippen molar-refractivity contribution in [2.75, 3.05) is 0 Å². The normalized spacial score (nSPS) is 11.5. The minimum Gasteiger partial charge on any atom is -0.363 e. The Hall–Kier alpha value is -3.22. The summed E-state index contributed by atoms with van der Waals surface area (Å²) in [6.07, 6.45) is 1.57. The van der Waals surface area contributed by atoms with Gasteiger partial charge >= 0.3 is 0 Å². The Morgan fingerprint density at radius 1 is 1.14 bits per heavy atom. The maximum atomic E-state index is 10.5. The molecule has 2 rings (SSSR count). The Bertz CT molecular complexity index is 671. The van der Waals surface area contributed by atoms with Crippen LogP contribution in [-0.4, -0.2) is 22.2 Å². The molecule has 0 aliphatic carbocycles. The number of guanidine groups is 1. The van der Waals surface area contributed by atoms with Crippen LogP contribution < -0.4 is 5.73 Å². The van der Waals surface area contributed by atoms with Gasteiger partial charge in [0.15, 0.2) is 5.03 Å². The molecule has 0 aliphatic rings. The summed E-state index contributed by atoms with van der Waals surface area (Å²) >= 11 is 0. The molecule has 2 aromatic rings. The van der Waals surface area contributed by atoms with Crippen molar-refractivity contribution in [3.05, 3.63) is 81.9 Å². The van der Waals surface area contributed by atoms with E-state index in [4.69, 9.17) is 5.73 Å². The van der Waals surface area contributed by atoms with Crippen molar-refractivity contribution in [2.24, 2.45) is 15.9 Å². The Labute approximate surface area is 127 Å². The lowest BCUT2D eigenvalue weighted by Gasteiger charge is -2.15. The molecule has 22 heavy (non-hydrogen) atoms. The summed E-state index contributed by atoms with van der Waals surface area (Å²) in [5.74, 6) is -0.277. The van der Waals surface area contributed by atoms with Gasteiger partial charge in [-0.3, -0.25) is 0 Å². The number of nitrogens with zero attached hydrogens (tertiary/aromatic N) is 4. The van der Waals surface area contributed by atoms with E-state index in [1.807, 2.05) is 60.7 Å². The van der Waals surface area contributed by atoms with Gasteiger partial charge < -0.3 is 5.73 Å². The fraction of sp³-hybridized carbons (Fsp3) is 0.0667. The first kappa shape index (κ1) is 15.2. The Morgan fingerprint density at radius 3 is 2.32 bits per heavy atom. The third-order valence-corrected chi connectivity index (χ3v) is 2.77. The lowest BCUT2D eigenvalue weighted by atomic mass is 10.2. The maximum absolute atomic E-state index is 10.5. The molecule has 0 atom stereocenters. The van der Waals surface area contributed by atoms with E-state index in [0.717, 1.165) is 11.1 Å². The number of hydrazone groups is 2. The highest BCUT2D eigenvalue weighted by Gasteiger charge is 2.11. The quantitative estimate of drug-likeness (QED) is 0.395. The minimum atomic E-state index is -0.842. The lowest BCUT2D eigenvalue weighted by Crippen LogP contribution is -2.33. The highest BCUT2D eigenvalue weighted by molar-refractivity contribution is 5.82. The second-order valence-electron chi connectivity index (χ2n) is 4.39. The summed E-state index contributed by atoms with van der Waals surface area (Å²) < 4.78 is 0. The maximum Gasteiger partial charge on any atom is 0.289 e. The zero-order valence-corrected chi connectivity index (χ0v) is 11.7. The van der Waals surface area contributed by atoms with Gasteiger partial charge in [0.05, 0.1) is 12.8 Å². The van der Waals surface area contributed by atoms with Crippen LogP contribution in [-0.2, 0) is 6.54 Å². The summed E-state index contributed by atoms with van der Waals surface area (Å²) in [5.41, 5.74) is 7.42. The van der Waals surface area contributed by atoms with Crippen molar-refractivity contribution in [1.82, 2.24) is 5.01 Å². The molecule has 0 radical (unpaired) electrons. The van der Waals surface area contributed by atoms with E-state index in [-0.39, 0.29) is 12.5 Å². The average molecular weight is 297 g/mol. The zero-order valence-electron chi connectivity index (χ0n) is 11.7. The molecule has 0 aliphatic heterocycles. The largest absolute Gasteiger partial charge is 0.363 e. The smallest absolute Gasteiger partial charge is 0.289 e. The second-order valence-corrected chi connectivity index (χ2v) is 4.39. The topological polar surface area (TPSA) is 97.1 Å². The highest BCUT2D eigenvalue weighted by Crippen LogP contribution is 2.05. The molecule has 7 nitrogen and oxygen atoms in total. The molecule has 0 fully saturated rings. The van der Waals surface area contributed by atoms with Crippen LogP contribution in [0.15, 0.2) is 70.9 Å². The average Bonchev–Trinajstić information content (AvgIpc) is 2.52. The van der Waals surface area contributed by atoms with Crippen molar-refractivity contribution in [3.63, 3.8) is 0 Å². The molecule has 0 spiro atoms. The van der Waals surface area contributed by atoms with Gasteiger partial charge in [-0.2, -0.15) is 5.10 Å². The molecule has 0 unspecified atom stereocenters. The van der Waals surface area contributed by atoms with Crippen LogP contribution in [0, 0.1) is 10.1 Å². The van der Waals surface area contributed by atoms with E-state index < -0.39 is 5.03 Å². The third-order valence-electron chi connectivity index (χ3n) is 2.77. The highest BCUT2D eigenvalue weighted by atomic mass is 16.7. The predicted molar refractivity (Wildman–Crippen MR) is 84.6 cm³/mol. The molecule has 2 N–H and O–H groups in total. The van der Waals surface area contributed by atoms with E-state index in [1.54, 1.807) is 6.21 Å². The summed E-state index contributed by atoms with van der Waals surface area (Å²) in [6, 6.07) is 18.8. The Balaban J connectivity index is 2.21. The van der Waals surface area contributed by atoms with E-state index >= 15 is 0 Å². The van der Waals surface area contributed by atoms with E-state index in [0.29, 0.717) is 0 Å². The summed E-state index contributed by atoms with van der Waals surface area (Å²) in [7, 11) is 0. The summed E-state index contributed by atoms with van der Waals surface area (Å²) in [4.78, 5) is 10.5. The van der Waals surface area contributed by atoms with Gasteiger partial charge in [0.2, 0.25) is 0 Å². The molecule has 0 saturated carbocycles. The van der Waals surface area contributed by atoms with Crippen molar-refractivity contribution in [2.45, 2.75) is 6.54 Å². The standard InChI is InChI=1S/C15H15N5O2/c16-15(18-20(21)22)19(12-14-9-5-2-6-10-14)17-11-13-7-3-1-4-8-13/h1-11H,12H2,(H2,16,18)/b17-11+. The zero-order chi connectivity index (χ0) is 15.8. The molecular formula is C15H15N5O2. The van der Waals surface area contributed by atoms with Crippen LogP contribution in [0.5, 0.6) is 0 Å². The van der Waals surface area contributed by atoms with Gasteiger partial charge in [0.25, 0.3) is 5.96 Å². The predicted octanol–water partition coefficient (Wildman–Crippen LogP) is 2.03. The van der Waals surface area contributed by atoms with Crippen molar-refractivity contribution < 1.29 is 5.03 Å². The molecule has 7 heteroatoms. The molecule has 112 valence electrons. The molecule has 0 aromatic heterocycles. The number of hydrogen-bond donors (Lipinski definition) is 1. The van der Waals surface area contributed by atoms with Crippen LogP contribution in [0.3, 0.4) is 0 Å². The fourth-order valence-electron chi connectivity index (χ4n) is 1.75. The Morgan fingerprint density at radius 2 is 1.73 bits per heavy atom. The van der Waals surface area contributed by atoms with Crippen LogP contribution in [0.25, 0.3) is 0 Å². The van der Waals surface area contributed by atoms with Gasteiger partial charge in [-0.15, -0.1) is 0 Å². The SMILES string of the molecule is N/C(=N\[N+](=O)[O-])N(Cc1ccccc1)/N=C/c1ccccc1. The minimum absolute atomic E-state index is 0.277.